The smallest absolute Gasteiger partial charge is 0.264 e. The third-order valence-corrected chi connectivity index (χ3v) is 3.39. The van der Waals surface area contributed by atoms with Gasteiger partial charge >= 0.3 is 0 Å². The first-order valence-electron chi connectivity index (χ1n) is 6.76. The third kappa shape index (κ3) is 2.57. The first kappa shape index (κ1) is 14.2. The number of aryl methyl sites for hydroxylation is 1. The Balaban J connectivity index is 2.47. The second-order valence-corrected chi connectivity index (χ2v) is 4.92. The van der Waals surface area contributed by atoms with Crippen molar-refractivity contribution < 1.29 is 4.79 Å². The van der Waals surface area contributed by atoms with E-state index >= 15 is 0 Å². The molecule has 2 aromatic heterocycles. The van der Waals surface area contributed by atoms with Crippen molar-refractivity contribution in [2.75, 3.05) is 13.6 Å². The van der Waals surface area contributed by atoms with Gasteiger partial charge in [-0.25, -0.2) is 4.98 Å². The fraction of sp³-hybridized carbons (Fsp3) is 0.400. The molecule has 5 nitrogen and oxygen atoms in total. The molecule has 0 unspecified atom stereocenters. The number of carbonyl (C=O) groups is 1. The molecule has 0 bridgehead atoms. The summed E-state index contributed by atoms with van der Waals surface area (Å²) in [7, 11) is 3.37. The van der Waals surface area contributed by atoms with Crippen molar-refractivity contribution in [3.05, 3.63) is 40.3 Å². The maximum Gasteiger partial charge on any atom is 0.264 e. The molecule has 0 atom stereocenters. The van der Waals surface area contributed by atoms with E-state index in [2.05, 4.69) is 11.9 Å². The second kappa shape index (κ2) is 5.86. The van der Waals surface area contributed by atoms with Crippen LogP contribution in [-0.2, 0) is 7.05 Å². The van der Waals surface area contributed by atoms with Crippen molar-refractivity contribution in [3.63, 3.8) is 0 Å². The summed E-state index contributed by atoms with van der Waals surface area (Å²) in [4.78, 5) is 30.4. The molecule has 5 heteroatoms. The Morgan fingerprint density at radius 2 is 2.20 bits per heavy atom. The lowest BCUT2D eigenvalue weighted by Crippen LogP contribution is -2.34. The Labute approximate surface area is 117 Å². The van der Waals surface area contributed by atoms with Crippen LogP contribution in [0.3, 0.4) is 0 Å². The molecule has 106 valence electrons. The number of fused-ring (bicyclic) bond motifs is 1. The van der Waals surface area contributed by atoms with Crippen LogP contribution in [0.5, 0.6) is 0 Å². The molecule has 0 aliphatic rings. The summed E-state index contributed by atoms with van der Waals surface area (Å²) < 4.78 is 1.43. The number of nitrogens with zero attached hydrogens (tertiary/aromatic N) is 3. The van der Waals surface area contributed by atoms with E-state index in [4.69, 9.17) is 0 Å². The average molecular weight is 273 g/mol. The molecule has 1 amide bonds. The highest BCUT2D eigenvalue weighted by atomic mass is 16.2. The van der Waals surface area contributed by atoms with Crippen LogP contribution in [0.15, 0.2) is 29.2 Å². The van der Waals surface area contributed by atoms with Gasteiger partial charge in [0.25, 0.3) is 11.5 Å². The van der Waals surface area contributed by atoms with Crippen LogP contribution < -0.4 is 5.56 Å². The van der Waals surface area contributed by atoms with Crippen molar-refractivity contribution in [1.29, 1.82) is 0 Å². The van der Waals surface area contributed by atoms with Gasteiger partial charge in [-0.15, -0.1) is 0 Å². The predicted molar refractivity (Wildman–Crippen MR) is 78.9 cm³/mol. The summed E-state index contributed by atoms with van der Waals surface area (Å²) in [6.07, 6.45) is 3.58. The Bertz CT molecular complexity index is 691. The number of unbranched alkanes of at least 4 members (excludes halogenated alkanes) is 1. The van der Waals surface area contributed by atoms with Crippen LogP contribution in [0.1, 0.15) is 30.1 Å². The van der Waals surface area contributed by atoms with Crippen molar-refractivity contribution >= 4 is 16.9 Å². The van der Waals surface area contributed by atoms with Gasteiger partial charge < -0.3 is 4.90 Å². The quantitative estimate of drug-likeness (QED) is 0.853. The molecule has 2 rings (SSSR count). The molecular weight excluding hydrogens is 254 g/mol. The summed E-state index contributed by atoms with van der Waals surface area (Å²) >= 11 is 0. The minimum absolute atomic E-state index is 0.201. The van der Waals surface area contributed by atoms with E-state index in [1.165, 1.54) is 4.57 Å². The first-order valence-corrected chi connectivity index (χ1v) is 6.76. The Morgan fingerprint density at radius 1 is 1.45 bits per heavy atom. The van der Waals surface area contributed by atoms with Crippen molar-refractivity contribution in [2.24, 2.45) is 7.05 Å². The Hall–Kier alpha value is -2.17. The zero-order valence-electron chi connectivity index (χ0n) is 12.1. The minimum atomic E-state index is -0.301. The number of carbonyl (C=O) groups excluding carboxylic acids is 1. The topological polar surface area (TPSA) is 55.2 Å². The molecule has 0 fully saturated rings. The highest BCUT2D eigenvalue weighted by Crippen LogP contribution is 2.11. The minimum Gasteiger partial charge on any atom is -0.342 e. The lowest BCUT2D eigenvalue weighted by atomic mass is 10.1. The molecule has 20 heavy (non-hydrogen) atoms. The zero-order valence-corrected chi connectivity index (χ0v) is 12.1. The molecular formula is C15H19N3O2. The van der Waals surface area contributed by atoms with Crippen LogP contribution in [0, 0.1) is 0 Å². The normalized spacial score (nSPS) is 10.8. The molecule has 0 saturated carbocycles. The van der Waals surface area contributed by atoms with E-state index in [0.29, 0.717) is 12.2 Å². The Morgan fingerprint density at radius 3 is 2.90 bits per heavy atom. The molecule has 0 saturated heterocycles. The van der Waals surface area contributed by atoms with Gasteiger partial charge in [0.05, 0.1) is 0 Å². The lowest BCUT2D eigenvalue weighted by molar-refractivity contribution is 0.0791. The summed E-state index contributed by atoms with van der Waals surface area (Å²) in [5.41, 5.74) is 0.487. The van der Waals surface area contributed by atoms with Crippen molar-refractivity contribution in [3.8, 4) is 0 Å². The van der Waals surface area contributed by atoms with Crippen LogP contribution in [0.25, 0.3) is 11.0 Å². The van der Waals surface area contributed by atoms with Gasteiger partial charge in [-0.2, -0.15) is 0 Å². The maximum absolute atomic E-state index is 12.4. The highest BCUT2D eigenvalue weighted by Gasteiger charge is 2.17. The lowest BCUT2D eigenvalue weighted by Gasteiger charge is -2.17. The van der Waals surface area contributed by atoms with Crippen LogP contribution in [-0.4, -0.2) is 34.0 Å². The predicted octanol–water partition coefficient (Wildman–Crippen LogP) is 1.81. The van der Waals surface area contributed by atoms with Gasteiger partial charge in [0.1, 0.15) is 11.2 Å². The van der Waals surface area contributed by atoms with Gasteiger partial charge in [-0.3, -0.25) is 14.2 Å². The molecule has 0 spiro atoms. The van der Waals surface area contributed by atoms with Gasteiger partial charge in [-0.05, 0) is 24.6 Å². The molecule has 2 aromatic rings. The molecule has 0 radical (unpaired) electrons. The van der Waals surface area contributed by atoms with Gasteiger partial charge in [-0.1, -0.05) is 13.3 Å². The second-order valence-electron chi connectivity index (χ2n) is 4.92. The molecule has 2 heterocycles. The summed E-state index contributed by atoms with van der Waals surface area (Å²) in [6, 6.07) is 5.28. The summed E-state index contributed by atoms with van der Waals surface area (Å²) in [6.45, 7) is 2.72. The van der Waals surface area contributed by atoms with E-state index in [1.54, 1.807) is 37.3 Å². The maximum atomic E-state index is 12.4. The van der Waals surface area contributed by atoms with E-state index in [9.17, 15) is 9.59 Å². The molecule has 0 aliphatic heterocycles. The number of pyridine rings is 2. The van der Waals surface area contributed by atoms with E-state index < -0.39 is 0 Å². The Kier molecular flexibility index (Phi) is 4.17. The third-order valence-electron chi connectivity index (χ3n) is 3.39. The number of hydrogen-bond acceptors (Lipinski definition) is 3. The van der Waals surface area contributed by atoms with E-state index in [-0.39, 0.29) is 17.0 Å². The van der Waals surface area contributed by atoms with Gasteiger partial charge in [0.2, 0.25) is 0 Å². The van der Waals surface area contributed by atoms with Crippen molar-refractivity contribution in [1.82, 2.24) is 14.5 Å². The number of hydrogen-bond donors (Lipinski definition) is 0. The first-order chi connectivity index (χ1) is 9.56. The van der Waals surface area contributed by atoms with Gasteiger partial charge in [0, 0.05) is 32.2 Å². The summed E-state index contributed by atoms with van der Waals surface area (Å²) in [5.74, 6) is -0.232. The SMILES string of the molecule is CCCCN(C)C(=O)c1cc2cccnc2n(C)c1=O. The fourth-order valence-corrected chi connectivity index (χ4v) is 2.15. The molecule has 0 N–H and O–H groups in total. The number of aromatic nitrogens is 2. The summed E-state index contributed by atoms with van der Waals surface area (Å²) in [5, 5.41) is 0.793. The standard InChI is InChI=1S/C15H19N3O2/c1-4-5-9-17(2)14(19)12-10-11-7-6-8-16-13(11)18(3)15(12)20/h6-8,10H,4-5,9H2,1-3H3. The number of rotatable bonds is 4. The number of amides is 1. The highest BCUT2D eigenvalue weighted by molar-refractivity contribution is 5.96. The average Bonchev–Trinajstić information content (AvgIpc) is 2.47. The monoisotopic (exact) mass is 273 g/mol. The zero-order chi connectivity index (χ0) is 14.7. The van der Waals surface area contributed by atoms with Crippen LogP contribution in [0.4, 0.5) is 0 Å². The fourth-order valence-electron chi connectivity index (χ4n) is 2.15. The van der Waals surface area contributed by atoms with E-state index in [0.717, 1.165) is 18.2 Å². The van der Waals surface area contributed by atoms with Crippen LogP contribution in [0.2, 0.25) is 0 Å². The molecule has 0 aliphatic carbocycles. The largest absolute Gasteiger partial charge is 0.342 e. The van der Waals surface area contributed by atoms with Gasteiger partial charge in [0.15, 0.2) is 0 Å². The van der Waals surface area contributed by atoms with E-state index in [1.807, 2.05) is 6.07 Å². The van der Waals surface area contributed by atoms with Crippen molar-refractivity contribution in [2.45, 2.75) is 19.8 Å². The van der Waals surface area contributed by atoms with Crippen LogP contribution >= 0.6 is 0 Å². The molecule has 0 aromatic carbocycles.